The van der Waals surface area contributed by atoms with Gasteiger partial charge in [0.25, 0.3) is 0 Å². The number of para-hydroxylation sites is 2. The molecule has 0 aliphatic heterocycles. The van der Waals surface area contributed by atoms with Crippen molar-refractivity contribution in [1.29, 1.82) is 5.26 Å². The summed E-state index contributed by atoms with van der Waals surface area (Å²) in [7, 11) is 1.99. The third-order valence-electron chi connectivity index (χ3n) is 3.17. The van der Waals surface area contributed by atoms with Crippen LogP contribution in [0.5, 0.6) is 0 Å². The number of hydrogen-bond acceptors (Lipinski definition) is 4. The van der Waals surface area contributed by atoms with Gasteiger partial charge >= 0.3 is 0 Å². The van der Waals surface area contributed by atoms with Crippen LogP contribution in [0, 0.1) is 11.3 Å². The number of anilines is 1. The Morgan fingerprint density at radius 3 is 2.80 bits per heavy atom. The van der Waals surface area contributed by atoms with Crippen LogP contribution in [0.2, 0.25) is 0 Å². The smallest absolute Gasteiger partial charge is 0.142 e. The van der Waals surface area contributed by atoms with Crippen molar-refractivity contribution in [2.45, 2.75) is 6.54 Å². The van der Waals surface area contributed by atoms with Crippen LogP contribution < -0.4 is 5.32 Å². The number of aryl methyl sites for hydroxylation is 1. The fraction of sp³-hybridized carbons (Fsp3) is 0.133. The summed E-state index contributed by atoms with van der Waals surface area (Å²) in [6.07, 6.45) is 0. The average Bonchev–Trinajstić information content (AvgIpc) is 2.82. The monoisotopic (exact) mass is 263 g/mol. The number of nitrogens with one attached hydrogen (secondary N) is 1. The molecule has 0 bridgehead atoms. The van der Waals surface area contributed by atoms with Gasteiger partial charge in [0.15, 0.2) is 0 Å². The van der Waals surface area contributed by atoms with Crippen molar-refractivity contribution in [2.75, 3.05) is 5.32 Å². The van der Waals surface area contributed by atoms with Crippen LogP contribution in [0.4, 0.5) is 5.82 Å². The van der Waals surface area contributed by atoms with E-state index in [0.717, 1.165) is 16.9 Å². The number of nitriles is 1. The van der Waals surface area contributed by atoms with E-state index in [-0.39, 0.29) is 0 Å². The van der Waals surface area contributed by atoms with Gasteiger partial charge in [0.1, 0.15) is 23.4 Å². The van der Waals surface area contributed by atoms with Crippen LogP contribution in [0.15, 0.2) is 42.5 Å². The predicted molar refractivity (Wildman–Crippen MR) is 77.0 cm³/mol. The third kappa shape index (κ3) is 2.19. The number of benzene rings is 1. The fourth-order valence-electron chi connectivity index (χ4n) is 2.12. The lowest BCUT2D eigenvalue weighted by molar-refractivity contribution is 0.832. The van der Waals surface area contributed by atoms with Gasteiger partial charge in [-0.1, -0.05) is 18.2 Å². The summed E-state index contributed by atoms with van der Waals surface area (Å²) in [6, 6.07) is 15.4. The first-order valence-corrected chi connectivity index (χ1v) is 6.29. The Hall–Kier alpha value is -2.87. The summed E-state index contributed by atoms with van der Waals surface area (Å²) >= 11 is 0. The van der Waals surface area contributed by atoms with E-state index in [9.17, 15) is 0 Å². The topological polar surface area (TPSA) is 66.5 Å². The molecule has 5 heteroatoms. The lowest BCUT2D eigenvalue weighted by atomic mass is 10.3. The first-order valence-electron chi connectivity index (χ1n) is 6.29. The molecule has 0 saturated heterocycles. The molecule has 1 N–H and O–H groups in total. The van der Waals surface area contributed by atoms with E-state index in [1.807, 2.05) is 49.5 Å². The highest BCUT2D eigenvalue weighted by molar-refractivity contribution is 5.75. The molecule has 0 radical (unpaired) electrons. The lowest BCUT2D eigenvalue weighted by Gasteiger charge is -2.05. The summed E-state index contributed by atoms with van der Waals surface area (Å²) in [5, 5.41) is 12.0. The Balaban J connectivity index is 1.83. The number of nitrogens with zero attached hydrogens (tertiary/aromatic N) is 4. The Labute approximate surface area is 116 Å². The van der Waals surface area contributed by atoms with E-state index in [1.165, 1.54) is 0 Å². The lowest BCUT2D eigenvalue weighted by Crippen LogP contribution is -2.07. The van der Waals surface area contributed by atoms with Gasteiger partial charge in [-0.25, -0.2) is 9.97 Å². The maximum Gasteiger partial charge on any atom is 0.142 e. The summed E-state index contributed by atoms with van der Waals surface area (Å²) in [5.74, 6) is 1.60. The zero-order chi connectivity index (χ0) is 13.9. The normalized spacial score (nSPS) is 10.4. The van der Waals surface area contributed by atoms with Crippen molar-refractivity contribution in [3.05, 3.63) is 54.0 Å². The number of rotatable bonds is 3. The van der Waals surface area contributed by atoms with E-state index >= 15 is 0 Å². The second kappa shape index (κ2) is 5.02. The highest BCUT2D eigenvalue weighted by Crippen LogP contribution is 2.15. The van der Waals surface area contributed by atoms with Crippen molar-refractivity contribution in [3.8, 4) is 6.07 Å². The Morgan fingerprint density at radius 1 is 1.15 bits per heavy atom. The SMILES string of the molecule is Cn1c(CNc2cccc(C#N)n2)nc2ccccc21. The van der Waals surface area contributed by atoms with Gasteiger partial charge in [-0.3, -0.25) is 0 Å². The van der Waals surface area contributed by atoms with Gasteiger partial charge in [-0.15, -0.1) is 0 Å². The van der Waals surface area contributed by atoms with Gasteiger partial charge in [0.05, 0.1) is 17.6 Å². The second-order valence-electron chi connectivity index (χ2n) is 4.45. The molecular weight excluding hydrogens is 250 g/mol. The number of pyridine rings is 1. The van der Waals surface area contributed by atoms with Gasteiger partial charge in [-0.05, 0) is 24.3 Å². The minimum absolute atomic E-state index is 0.403. The summed E-state index contributed by atoms with van der Waals surface area (Å²) in [5.41, 5.74) is 2.48. The minimum Gasteiger partial charge on any atom is -0.363 e. The van der Waals surface area contributed by atoms with Gasteiger partial charge in [0.2, 0.25) is 0 Å². The third-order valence-corrected chi connectivity index (χ3v) is 3.17. The molecule has 0 saturated carbocycles. The molecule has 0 spiro atoms. The highest BCUT2D eigenvalue weighted by atomic mass is 15.1. The largest absolute Gasteiger partial charge is 0.363 e. The number of aromatic nitrogens is 3. The van der Waals surface area contributed by atoms with Gasteiger partial charge < -0.3 is 9.88 Å². The van der Waals surface area contributed by atoms with Gasteiger partial charge in [0, 0.05) is 7.05 Å². The maximum atomic E-state index is 8.83. The molecule has 0 atom stereocenters. The van der Waals surface area contributed by atoms with Crippen LogP contribution in [0.3, 0.4) is 0 Å². The molecule has 1 aromatic carbocycles. The summed E-state index contributed by atoms with van der Waals surface area (Å²) in [6.45, 7) is 0.563. The molecule has 98 valence electrons. The van der Waals surface area contributed by atoms with Crippen LogP contribution in [-0.2, 0) is 13.6 Å². The number of hydrogen-bond donors (Lipinski definition) is 1. The van der Waals surface area contributed by atoms with Crippen molar-refractivity contribution in [3.63, 3.8) is 0 Å². The van der Waals surface area contributed by atoms with E-state index in [4.69, 9.17) is 5.26 Å². The molecule has 0 amide bonds. The number of fused-ring (bicyclic) bond motifs is 1. The van der Waals surface area contributed by atoms with Crippen molar-refractivity contribution < 1.29 is 0 Å². The second-order valence-corrected chi connectivity index (χ2v) is 4.45. The summed E-state index contributed by atoms with van der Waals surface area (Å²) < 4.78 is 2.05. The molecule has 5 nitrogen and oxygen atoms in total. The van der Waals surface area contributed by atoms with E-state index < -0.39 is 0 Å². The zero-order valence-corrected chi connectivity index (χ0v) is 11.0. The highest BCUT2D eigenvalue weighted by Gasteiger charge is 2.06. The van der Waals surface area contributed by atoms with Crippen LogP contribution in [-0.4, -0.2) is 14.5 Å². The fourth-order valence-corrected chi connectivity index (χ4v) is 2.12. The molecule has 0 unspecified atom stereocenters. The van der Waals surface area contributed by atoms with E-state index in [1.54, 1.807) is 6.07 Å². The Bertz CT molecular complexity index is 797. The van der Waals surface area contributed by atoms with Crippen molar-refractivity contribution in [2.24, 2.45) is 7.05 Å². The molecule has 0 aliphatic rings. The Kier molecular flexibility index (Phi) is 3.05. The first kappa shape index (κ1) is 12.2. The molecule has 3 aromatic rings. The van der Waals surface area contributed by atoms with Crippen LogP contribution in [0.1, 0.15) is 11.5 Å². The molecule has 2 aromatic heterocycles. The van der Waals surface area contributed by atoms with E-state index in [0.29, 0.717) is 18.1 Å². The molecule has 3 rings (SSSR count). The quantitative estimate of drug-likeness (QED) is 0.788. The van der Waals surface area contributed by atoms with Crippen LogP contribution in [0.25, 0.3) is 11.0 Å². The molecule has 0 fully saturated rings. The molecule has 2 heterocycles. The van der Waals surface area contributed by atoms with Crippen molar-refractivity contribution >= 4 is 16.9 Å². The maximum absolute atomic E-state index is 8.83. The average molecular weight is 263 g/mol. The molecular formula is C15H13N5. The van der Waals surface area contributed by atoms with E-state index in [2.05, 4.69) is 19.9 Å². The molecule has 20 heavy (non-hydrogen) atoms. The first-order chi connectivity index (χ1) is 9.78. The minimum atomic E-state index is 0.403. The van der Waals surface area contributed by atoms with Crippen LogP contribution >= 0.6 is 0 Å². The summed E-state index contributed by atoms with van der Waals surface area (Å²) in [4.78, 5) is 8.76. The van der Waals surface area contributed by atoms with Gasteiger partial charge in [-0.2, -0.15) is 5.26 Å². The zero-order valence-electron chi connectivity index (χ0n) is 11.0. The standard InChI is InChI=1S/C15H13N5/c1-20-13-7-3-2-6-12(13)19-15(20)10-17-14-8-4-5-11(9-16)18-14/h2-8H,10H2,1H3,(H,17,18). The predicted octanol–water partition coefficient (Wildman–Crippen LogP) is 2.45. The molecule has 0 aliphatic carbocycles. The number of imidazole rings is 1. The van der Waals surface area contributed by atoms with Crippen molar-refractivity contribution in [1.82, 2.24) is 14.5 Å². The Morgan fingerprint density at radius 2 is 2.00 bits per heavy atom.